The van der Waals surface area contributed by atoms with Gasteiger partial charge >= 0.3 is 0 Å². The average molecular weight is 323 g/mol. The zero-order valence-electron chi connectivity index (χ0n) is 10.9. The number of carbonyl (C=O) groups excluding carboxylic acids is 1. The number of aryl methyl sites for hydroxylation is 2. The van der Waals surface area contributed by atoms with Gasteiger partial charge in [-0.1, -0.05) is 6.92 Å². The summed E-state index contributed by atoms with van der Waals surface area (Å²) >= 11 is 3.35. The van der Waals surface area contributed by atoms with Crippen molar-refractivity contribution in [1.29, 1.82) is 0 Å². The molecule has 5 nitrogen and oxygen atoms in total. The number of nitrogens with one attached hydrogen (secondary N) is 1. The molecule has 0 bridgehead atoms. The lowest BCUT2D eigenvalue weighted by Crippen LogP contribution is -2.18. The molecular weight excluding hydrogens is 308 g/mol. The van der Waals surface area contributed by atoms with Crippen molar-refractivity contribution < 1.29 is 4.79 Å². The summed E-state index contributed by atoms with van der Waals surface area (Å²) < 4.78 is 2.45. The Hall–Kier alpha value is -1.69. The fourth-order valence-corrected chi connectivity index (χ4v) is 2.07. The topological polar surface area (TPSA) is 59.8 Å². The molecule has 0 unspecified atom stereocenters. The standard InChI is InChI=1S/C13H15BrN4O/c1-3-9-8-11(18(4-2)17-9)13(19)16-12-10(14)6-5-7-15-12/h5-8H,3-4H2,1-2H3,(H,15,16,19). The van der Waals surface area contributed by atoms with E-state index in [0.717, 1.165) is 16.6 Å². The lowest BCUT2D eigenvalue weighted by atomic mass is 10.3. The molecule has 0 atom stereocenters. The van der Waals surface area contributed by atoms with Gasteiger partial charge in [0, 0.05) is 12.7 Å². The molecule has 0 aliphatic rings. The van der Waals surface area contributed by atoms with Crippen LogP contribution < -0.4 is 5.32 Å². The van der Waals surface area contributed by atoms with E-state index in [-0.39, 0.29) is 5.91 Å². The first-order chi connectivity index (χ1) is 9.15. The van der Waals surface area contributed by atoms with Crippen LogP contribution >= 0.6 is 15.9 Å². The summed E-state index contributed by atoms with van der Waals surface area (Å²) in [7, 11) is 0. The third kappa shape index (κ3) is 3.01. The fraction of sp³-hybridized carbons (Fsp3) is 0.308. The molecule has 19 heavy (non-hydrogen) atoms. The van der Waals surface area contributed by atoms with E-state index in [4.69, 9.17) is 0 Å². The van der Waals surface area contributed by atoms with Crippen LogP contribution in [0.1, 0.15) is 30.0 Å². The maximum Gasteiger partial charge on any atom is 0.275 e. The molecule has 0 spiro atoms. The van der Waals surface area contributed by atoms with Crippen LogP contribution in [-0.2, 0) is 13.0 Å². The van der Waals surface area contributed by atoms with Crippen LogP contribution in [0, 0.1) is 0 Å². The number of pyridine rings is 1. The molecule has 0 aliphatic heterocycles. The smallest absolute Gasteiger partial charge is 0.275 e. The largest absolute Gasteiger partial charge is 0.304 e. The lowest BCUT2D eigenvalue weighted by Gasteiger charge is -2.07. The van der Waals surface area contributed by atoms with Gasteiger partial charge in [0.25, 0.3) is 5.91 Å². The highest BCUT2D eigenvalue weighted by Gasteiger charge is 2.15. The maximum absolute atomic E-state index is 12.2. The summed E-state index contributed by atoms with van der Waals surface area (Å²) in [6.07, 6.45) is 2.44. The minimum absolute atomic E-state index is 0.201. The normalized spacial score (nSPS) is 10.5. The van der Waals surface area contributed by atoms with Crippen LogP contribution in [0.3, 0.4) is 0 Å². The van der Waals surface area contributed by atoms with Crippen molar-refractivity contribution in [2.75, 3.05) is 5.32 Å². The molecule has 0 saturated carbocycles. The fourth-order valence-electron chi connectivity index (χ4n) is 1.72. The molecule has 1 N–H and O–H groups in total. The maximum atomic E-state index is 12.2. The quantitative estimate of drug-likeness (QED) is 0.941. The predicted molar refractivity (Wildman–Crippen MR) is 77.2 cm³/mol. The Labute approximate surface area is 120 Å². The number of amides is 1. The van der Waals surface area contributed by atoms with Gasteiger partial charge in [-0.25, -0.2) is 4.98 Å². The highest BCUT2D eigenvalue weighted by molar-refractivity contribution is 9.10. The van der Waals surface area contributed by atoms with Gasteiger partial charge in [-0.2, -0.15) is 5.10 Å². The van der Waals surface area contributed by atoms with E-state index < -0.39 is 0 Å². The van der Waals surface area contributed by atoms with E-state index in [1.54, 1.807) is 16.9 Å². The molecule has 2 heterocycles. The van der Waals surface area contributed by atoms with Crippen LogP contribution in [0.2, 0.25) is 0 Å². The number of halogens is 1. The molecule has 100 valence electrons. The molecule has 0 fully saturated rings. The summed E-state index contributed by atoms with van der Waals surface area (Å²) in [5.41, 5.74) is 1.46. The van der Waals surface area contributed by atoms with Crippen LogP contribution in [0.15, 0.2) is 28.9 Å². The molecule has 0 aromatic carbocycles. The monoisotopic (exact) mass is 322 g/mol. The van der Waals surface area contributed by atoms with Crippen molar-refractivity contribution >= 4 is 27.7 Å². The Kier molecular flexibility index (Phi) is 4.31. The zero-order valence-corrected chi connectivity index (χ0v) is 12.4. The molecule has 2 aromatic rings. The summed E-state index contributed by atoms with van der Waals surface area (Å²) in [5.74, 6) is 0.308. The van der Waals surface area contributed by atoms with Crippen molar-refractivity contribution in [3.05, 3.63) is 40.3 Å². The zero-order chi connectivity index (χ0) is 13.8. The van der Waals surface area contributed by atoms with Crippen LogP contribution in [0.25, 0.3) is 0 Å². The number of anilines is 1. The van der Waals surface area contributed by atoms with Gasteiger partial charge < -0.3 is 5.32 Å². The molecule has 2 rings (SSSR count). The van der Waals surface area contributed by atoms with E-state index in [1.807, 2.05) is 26.0 Å². The number of aromatic nitrogens is 3. The molecule has 1 amide bonds. The van der Waals surface area contributed by atoms with Gasteiger partial charge in [-0.15, -0.1) is 0 Å². The predicted octanol–water partition coefficient (Wildman–Crippen LogP) is 2.88. The average Bonchev–Trinajstić information content (AvgIpc) is 2.84. The third-order valence-corrected chi connectivity index (χ3v) is 3.36. The number of rotatable bonds is 4. The minimum atomic E-state index is -0.201. The molecule has 2 aromatic heterocycles. The van der Waals surface area contributed by atoms with Crippen molar-refractivity contribution in [3.8, 4) is 0 Å². The van der Waals surface area contributed by atoms with Gasteiger partial charge in [-0.3, -0.25) is 9.48 Å². The van der Waals surface area contributed by atoms with E-state index in [0.29, 0.717) is 18.1 Å². The summed E-state index contributed by atoms with van der Waals surface area (Å²) in [4.78, 5) is 16.4. The molecule has 0 aliphatic carbocycles. The first kappa shape index (κ1) is 13.7. The second-order valence-corrected chi connectivity index (χ2v) is 4.83. The van der Waals surface area contributed by atoms with E-state index in [2.05, 4.69) is 31.3 Å². The highest BCUT2D eigenvalue weighted by atomic mass is 79.9. The Morgan fingerprint density at radius 2 is 2.26 bits per heavy atom. The van der Waals surface area contributed by atoms with E-state index >= 15 is 0 Å². The minimum Gasteiger partial charge on any atom is -0.304 e. The molecular formula is C13H15BrN4O. The molecule has 0 saturated heterocycles. The lowest BCUT2D eigenvalue weighted by molar-refractivity contribution is 0.101. The Bertz CT molecular complexity index is 594. The van der Waals surface area contributed by atoms with E-state index in [1.165, 1.54) is 0 Å². The van der Waals surface area contributed by atoms with Crippen molar-refractivity contribution in [1.82, 2.24) is 14.8 Å². The Balaban J connectivity index is 2.25. The second-order valence-electron chi connectivity index (χ2n) is 3.98. The number of carbonyl (C=O) groups is 1. The van der Waals surface area contributed by atoms with Crippen molar-refractivity contribution in [3.63, 3.8) is 0 Å². The Morgan fingerprint density at radius 3 is 2.89 bits per heavy atom. The van der Waals surface area contributed by atoms with Gasteiger partial charge in [-0.05, 0) is 47.5 Å². The molecule has 0 radical (unpaired) electrons. The van der Waals surface area contributed by atoms with Crippen LogP contribution in [0.5, 0.6) is 0 Å². The van der Waals surface area contributed by atoms with Gasteiger partial charge in [0.05, 0.1) is 10.2 Å². The highest BCUT2D eigenvalue weighted by Crippen LogP contribution is 2.19. The van der Waals surface area contributed by atoms with E-state index in [9.17, 15) is 4.79 Å². The second kappa shape index (κ2) is 5.97. The van der Waals surface area contributed by atoms with Gasteiger partial charge in [0.1, 0.15) is 11.5 Å². The Morgan fingerprint density at radius 1 is 1.47 bits per heavy atom. The molecule has 6 heteroatoms. The van der Waals surface area contributed by atoms with Gasteiger partial charge in [0.2, 0.25) is 0 Å². The first-order valence-corrected chi connectivity index (χ1v) is 6.93. The number of hydrogen-bond donors (Lipinski definition) is 1. The van der Waals surface area contributed by atoms with Crippen molar-refractivity contribution in [2.45, 2.75) is 26.8 Å². The summed E-state index contributed by atoms with van der Waals surface area (Å²) in [6, 6.07) is 5.44. The summed E-state index contributed by atoms with van der Waals surface area (Å²) in [6.45, 7) is 4.63. The van der Waals surface area contributed by atoms with Crippen LogP contribution in [0.4, 0.5) is 5.82 Å². The number of hydrogen-bond acceptors (Lipinski definition) is 3. The summed E-state index contributed by atoms with van der Waals surface area (Å²) in [5, 5.41) is 7.14. The first-order valence-electron chi connectivity index (χ1n) is 6.14. The van der Waals surface area contributed by atoms with Crippen molar-refractivity contribution in [2.24, 2.45) is 0 Å². The number of nitrogens with zero attached hydrogens (tertiary/aromatic N) is 3. The van der Waals surface area contributed by atoms with Crippen LogP contribution in [-0.4, -0.2) is 20.7 Å². The van der Waals surface area contributed by atoms with Gasteiger partial charge in [0.15, 0.2) is 0 Å². The SMILES string of the molecule is CCc1cc(C(=O)Nc2ncccc2Br)n(CC)n1. The third-order valence-electron chi connectivity index (χ3n) is 2.72.